The van der Waals surface area contributed by atoms with Gasteiger partial charge in [0.1, 0.15) is 0 Å². The molecule has 0 spiro atoms. The molecule has 2 radical (unpaired) electrons. The molecule has 0 aromatic heterocycles. The van der Waals surface area contributed by atoms with Crippen LogP contribution in [0.3, 0.4) is 0 Å². The van der Waals surface area contributed by atoms with Crippen LogP contribution in [0.25, 0.3) is 0 Å². The highest BCUT2D eigenvalue weighted by Crippen LogP contribution is 1.87. The third-order valence-corrected chi connectivity index (χ3v) is 0.975. The molecular formula is C4H5NOSi. The molecule has 0 unspecified atom stereocenters. The first-order chi connectivity index (χ1) is 3.18. The summed E-state index contributed by atoms with van der Waals surface area (Å²) >= 11 is 0. The fourth-order valence-electron chi connectivity index (χ4n) is 0.0871. The lowest BCUT2D eigenvalue weighted by atomic mass is 10.5. The van der Waals surface area contributed by atoms with E-state index in [1.165, 1.54) is 5.94 Å². The fourth-order valence-corrected chi connectivity index (χ4v) is 0.189. The van der Waals surface area contributed by atoms with Crippen LogP contribution >= 0.6 is 0 Å². The highest BCUT2D eigenvalue weighted by atomic mass is 28.1. The first-order valence-corrected chi connectivity index (χ1v) is 2.78. The van der Waals surface area contributed by atoms with E-state index in [1.54, 1.807) is 0 Å². The maximum atomic E-state index is 9.50. The lowest BCUT2D eigenvalue weighted by Crippen LogP contribution is -1.86. The van der Waals surface area contributed by atoms with Crippen molar-refractivity contribution in [2.24, 2.45) is 0 Å². The molecule has 0 aliphatic carbocycles. The maximum absolute atomic E-state index is 9.50. The van der Waals surface area contributed by atoms with Crippen LogP contribution in [0.1, 0.15) is 0 Å². The normalized spacial score (nSPS) is 7.43. The molecule has 0 fully saturated rings. The largest absolute Gasteiger partial charge is 0.231 e. The minimum absolute atomic E-state index is 0.341. The van der Waals surface area contributed by atoms with Crippen LogP contribution in [-0.2, 0) is 4.79 Å². The molecule has 36 valence electrons. The van der Waals surface area contributed by atoms with Crippen molar-refractivity contribution in [1.82, 2.24) is 5.73 Å². The molecule has 0 saturated heterocycles. The summed E-state index contributed by atoms with van der Waals surface area (Å²) in [6, 6.07) is 0. The van der Waals surface area contributed by atoms with E-state index in [0.29, 0.717) is 15.4 Å². The van der Waals surface area contributed by atoms with E-state index in [9.17, 15) is 4.79 Å². The second-order valence-corrected chi connectivity index (χ2v) is 2.44. The van der Waals surface area contributed by atoms with Crippen molar-refractivity contribution in [2.45, 2.75) is 0 Å². The standard InChI is InChI=1S/C4H5NOSi/c1-3(7)4(5)2-6/h1H2,7H3. The lowest BCUT2D eigenvalue weighted by molar-refractivity contribution is 0.567. The molecule has 2 nitrogen and oxygen atoms in total. The Hall–Kier alpha value is -0.793. The highest BCUT2D eigenvalue weighted by molar-refractivity contribution is 6.24. The minimum atomic E-state index is -0.341. The predicted octanol–water partition coefficient (Wildman–Crippen LogP) is -1.35. The molecule has 7 heavy (non-hydrogen) atoms. The highest BCUT2D eigenvalue weighted by Gasteiger charge is 1.89. The Kier molecular flexibility index (Phi) is 2.12. The van der Waals surface area contributed by atoms with E-state index in [2.05, 4.69) is 6.58 Å². The van der Waals surface area contributed by atoms with Gasteiger partial charge in [-0.15, -0.1) is 5.73 Å². The first kappa shape index (κ1) is 6.21. The molecule has 0 rings (SSSR count). The molecule has 0 saturated carbocycles. The second kappa shape index (κ2) is 2.39. The van der Waals surface area contributed by atoms with Gasteiger partial charge in [-0.05, 0) is 5.20 Å². The van der Waals surface area contributed by atoms with Gasteiger partial charge >= 0.3 is 0 Å². The number of hydrogen-bond acceptors (Lipinski definition) is 1. The topological polar surface area (TPSA) is 39.4 Å². The Morgan fingerprint density at radius 3 is 2.29 bits per heavy atom. The molecule has 0 aromatic carbocycles. The molecule has 0 aromatic rings. The van der Waals surface area contributed by atoms with Crippen LogP contribution in [0.15, 0.2) is 17.5 Å². The van der Waals surface area contributed by atoms with E-state index in [4.69, 9.17) is 5.73 Å². The minimum Gasteiger partial charge on any atom is -0.231 e. The summed E-state index contributed by atoms with van der Waals surface area (Å²) < 4.78 is 0. The number of allylic oxidation sites excluding steroid dienone is 1. The summed E-state index contributed by atoms with van der Waals surface area (Å²) in [6.07, 6.45) is 0. The van der Waals surface area contributed by atoms with Gasteiger partial charge in [0.15, 0.2) is 11.6 Å². The molecule has 0 aliphatic heterocycles. The van der Waals surface area contributed by atoms with Gasteiger partial charge in [0.25, 0.3) is 0 Å². The first-order valence-electron chi connectivity index (χ1n) is 1.78. The molecule has 0 N–H and O–H groups in total. The van der Waals surface area contributed by atoms with Crippen molar-refractivity contribution in [3.63, 3.8) is 0 Å². The van der Waals surface area contributed by atoms with E-state index >= 15 is 0 Å². The lowest BCUT2D eigenvalue weighted by Gasteiger charge is -1.81. The fraction of sp³-hybridized carbons (Fsp3) is 0. The van der Waals surface area contributed by atoms with Crippen molar-refractivity contribution >= 4 is 16.2 Å². The van der Waals surface area contributed by atoms with Gasteiger partial charge in [0, 0.05) is 10.2 Å². The quantitative estimate of drug-likeness (QED) is 0.234. The third-order valence-electron chi connectivity index (χ3n) is 0.501. The summed E-state index contributed by atoms with van der Waals surface area (Å²) in [4.78, 5) is 9.50. The summed E-state index contributed by atoms with van der Waals surface area (Å²) in [6.45, 7) is 3.34. The summed E-state index contributed by atoms with van der Waals surface area (Å²) in [5, 5.41) is 0.481. The van der Waals surface area contributed by atoms with Crippen LogP contribution in [0, 0.1) is 0 Å². The van der Waals surface area contributed by atoms with E-state index in [1.807, 2.05) is 0 Å². The van der Waals surface area contributed by atoms with Gasteiger partial charge in [0.05, 0.1) is 0 Å². The third kappa shape index (κ3) is 1.98. The number of nitrogens with zero attached hydrogens (tertiary/aromatic N) is 1. The maximum Gasteiger partial charge on any atom is 0.167 e. The molecule has 0 aliphatic rings. The van der Waals surface area contributed by atoms with Crippen molar-refractivity contribution < 1.29 is 4.79 Å². The van der Waals surface area contributed by atoms with Gasteiger partial charge in [-0.25, -0.2) is 4.79 Å². The zero-order valence-electron chi connectivity index (χ0n) is 4.06. The number of rotatable bonds is 1. The summed E-state index contributed by atoms with van der Waals surface area (Å²) in [5.74, 6) is 1.32. The Balaban J connectivity index is 4.10. The van der Waals surface area contributed by atoms with Crippen LogP contribution in [0.5, 0.6) is 0 Å². The van der Waals surface area contributed by atoms with Gasteiger partial charge in [0.2, 0.25) is 0 Å². The molecule has 0 amide bonds. The van der Waals surface area contributed by atoms with Crippen molar-refractivity contribution in [1.29, 1.82) is 0 Å². The second-order valence-electron chi connectivity index (χ2n) is 1.23. The van der Waals surface area contributed by atoms with Gasteiger partial charge in [-0.1, -0.05) is 6.58 Å². The average Bonchev–Trinajstić information content (AvgIpc) is 1.65. The van der Waals surface area contributed by atoms with Gasteiger partial charge in [-0.3, -0.25) is 0 Å². The molecule has 3 heteroatoms. The van der Waals surface area contributed by atoms with Crippen molar-refractivity contribution in [3.05, 3.63) is 17.5 Å². The average molecular weight is 111 g/mol. The van der Waals surface area contributed by atoms with E-state index in [0.717, 1.165) is 0 Å². The van der Waals surface area contributed by atoms with Crippen molar-refractivity contribution in [2.75, 3.05) is 0 Å². The monoisotopic (exact) mass is 111 g/mol. The van der Waals surface area contributed by atoms with Gasteiger partial charge in [-0.2, -0.15) is 0 Å². The molecule has 0 heterocycles. The Morgan fingerprint density at radius 1 is 1.86 bits per heavy atom. The SMILES string of the molecule is C=C([SiH3])C([N])=C=O. The van der Waals surface area contributed by atoms with Crippen LogP contribution in [0.4, 0.5) is 0 Å². The van der Waals surface area contributed by atoms with Crippen LogP contribution < -0.4 is 5.73 Å². The van der Waals surface area contributed by atoms with Crippen LogP contribution in [0.2, 0.25) is 0 Å². The smallest absolute Gasteiger partial charge is 0.167 e. The Labute approximate surface area is 45.1 Å². The zero-order chi connectivity index (χ0) is 5.86. The molecular weight excluding hydrogens is 106 g/mol. The summed E-state index contributed by atoms with van der Waals surface area (Å²) in [7, 11) is 0.618. The molecule has 0 bridgehead atoms. The van der Waals surface area contributed by atoms with E-state index < -0.39 is 0 Å². The van der Waals surface area contributed by atoms with Gasteiger partial charge < -0.3 is 0 Å². The van der Waals surface area contributed by atoms with Crippen LogP contribution in [-0.4, -0.2) is 16.2 Å². The number of carbonyl (C=O) groups excluding carboxylic acids is 1. The Morgan fingerprint density at radius 2 is 2.29 bits per heavy atom. The summed E-state index contributed by atoms with van der Waals surface area (Å²) in [5.41, 5.74) is 8.02. The Bertz CT molecular complexity index is 135. The number of hydrogen-bond donors (Lipinski definition) is 0. The van der Waals surface area contributed by atoms with E-state index in [-0.39, 0.29) is 5.70 Å². The van der Waals surface area contributed by atoms with Crippen molar-refractivity contribution in [3.8, 4) is 0 Å². The molecule has 0 atom stereocenters. The zero-order valence-corrected chi connectivity index (χ0v) is 6.06. The predicted molar refractivity (Wildman–Crippen MR) is 30.4 cm³/mol.